The summed E-state index contributed by atoms with van der Waals surface area (Å²) < 4.78 is 11.0. The Balaban J connectivity index is 1.85. The average molecular weight is 446 g/mol. The van der Waals surface area contributed by atoms with Crippen LogP contribution in [0.2, 0.25) is 0 Å². The quantitative estimate of drug-likeness (QED) is 0.335. The fourth-order valence-corrected chi connectivity index (χ4v) is 2.96. The lowest BCUT2D eigenvalue weighted by atomic mass is 9.96. The van der Waals surface area contributed by atoms with Crippen molar-refractivity contribution in [2.75, 3.05) is 13.2 Å². The van der Waals surface area contributed by atoms with Gasteiger partial charge in [0.25, 0.3) is 0 Å². The van der Waals surface area contributed by atoms with Gasteiger partial charge in [0, 0.05) is 0 Å². The van der Waals surface area contributed by atoms with E-state index >= 15 is 0 Å². The molecular weight excluding hydrogens is 424 g/mol. The summed E-state index contributed by atoms with van der Waals surface area (Å²) in [5, 5.41) is 36.0. The summed E-state index contributed by atoms with van der Waals surface area (Å²) in [6.07, 6.45) is -1.04. The highest BCUT2D eigenvalue weighted by atomic mass is 16.5. The number of benzene rings is 2. The van der Waals surface area contributed by atoms with Gasteiger partial charge in [0.05, 0.1) is 24.7 Å². The second-order valence-electron chi connectivity index (χ2n) is 6.81. The van der Waals surface area contributed by atoms with E-state index in [0.29, 0.717) is 22.6 Å². The monoisotopic (exact) mass is 446 g/mol. The van der Waals surface area contributed by atoms with Crippen LogP contribution in [0.4, 0.5) is 0 Å². The Labute approximate surface area is 182 Å². The van der Waals surface area contributed by atoms with Crippen LogP contribution in [0.25, 0.3) is 0 Å². The minimum atomic E-state index is -1.22. The number of carbonyl (C=O) groups is 4. The molecule has 10 heteroatoms. The van der Waals surface area contributed by atoms with Crippen LogP contribution in [0.1, 0.15) is 35.8 Å². The van der Waals surface area contributed by atoms with Crippen molar-refractivity contribution in [3.63, 3.8) is 0 Å². The molecule has 0 saturated heterocycles. The third kappa shape index (κ3) is 7.31. The molecule has 2 aromatic rings. The van der Waals surface area contributed by atoms with Gasteiger partial charge in [0.2, 0.25) is 0 Å². The van der Waals surface area contributed by atoms with Gasteiger partial charge < -0.3 is 29.9 Å². The molecule has 0 aliphatic rings. The maximum atomic E-state index is 11.2. The smallest absolute Gasteiger partial charge is 0.311 e. The predicted molar refractivity (Wildman–Crippen MR) is 109 cm³/mol. The summed E-state index contributed by atoms with van der Waals surface area (Å²) in [5.74, 6) is -6.26. The van der Waals surface area contributed by atoms with Gasteiger partial charge in [-0.1, -0.05) is 24.3 Å². The van der Waals surface area contributed by atoms with Gasteiger partial charge in [0.15, 0.2) is 0 Å². The molecule has 2 atom stereocenters. The highest BCUT2D eigenvalue weighted by molar-refractivity contribution is 5.83. The Hall–Kier alpha value is -4.08. The van der Waals surface area contributed by atoms with E-state index < -0.39 is 48.6 Å². The fourth-order valence-electron chi connectivity index (χ4n) is 2.96. The average Bonchev–Trinajstić information content (AvgIpc) is 2.74. The van der Waals surface area contributed by atoms with E-state index in [1.165, 1.54) is 48.5 Å². The van der Waals surface area contributed by atoms with Crippen LogP contribution in [0.3, 0.4) is 0 Å². The zero-order chi connectivity index (χ0) is 23.7. The van der Waals surface area contributed by atoms with Gasteiger partial charge in [-0.05, 0) is 35.4 Å². The molecule has 2 aromatic carbocycles. The lowest BCUT2D eigenvalue weighted by molar-refractivity contribution is -0.145. The molecule has 0 heterocycles. The van der Waals surface area contributed by atoms with Crippen molar-refractivity contribution in [3.05, 3.63) is 59.7 Å². The first-order valence-corrected chi connectivity index (χ1v) is 9.52. The van der Waals surface area contributed by atoms with E-state index in [-0.39, 0.29) is 13.2 Å². The molecular formula is C22H22O10. The van der Waals surface area contributed by atoms with Crippen molar-refractivity contribution in [2.45, 2.75) is 24.7 Å². The van der Waals surface area contributed by atoms with Crippen molar-refractivity contribution in [1.29, 1.82) is 0 Å². The molecule has 0 saturated carbocycles. The van der Waals surface area contributed by atoms with Crippen molar-refractivity contribution >= 4 is 23.9 Å². The third-order valence-electron chi connectivity index (χ3n) is 4.54. The van der Waals surface area contributed by atoms with E-state index in [9.17, 15) is 29.4 Å². The van der Waals surface area contributed by atoms with Gasteiger partial charge in [-0.2, -0.15) is 0 Å². The van der Waals surface area contributed by atoms with Gasteiger partial charge in [-0.3, -0.25) is 19.2 Å². The number of ether oxygens (including phenoxy) is 2. The van der Waals surface area contributed by atoms with Crippen LogP contribution in [-0.4, -0.2) is 57.5 Å². The van der Waals surface area contributed by atoms with Crippen molar-refractivity contribution in [2.24, 2.45) is 0 Å². The standard InChI is InChI=1S/C22H22O10/c23-19(24)11-17(21(27)28)13-1-5-15(6-2-13)31-9-10-32-16-7-3-14(4-8-16)18(22(29)30)12-20(25)26/h1-8,17-18H,9-12H2,(H,23,24)(H,25,26)(H,27,28)(H,29,30)/t17-,18-/m0/s1. The van der Waals surface area contributed by atoms with Crippen LogP contribution in [0.15, 0.2) is 48.5 Å². The minimum absolute atomic E-state index is 0.162. The molecule has 170 valence electrons. The first kappa shape index (κ1) is 24.2. The second-order valence-corrected chi connectivity index (χ2v) is 6.81. The summed E-state index contributed by atoms with van der Waals surface area (Å²) in [6, 6.07) is 12.1. The minimum Gasteiger partial charge on any atom is -0.490 e. The first-order chi connectivity index (χ1) is 15.2. The molecule has 0 fully saturated rings. The molecule has 32 heavy (non-hydrogen) atoms. The van der Waals surface area contributed by atoms with Gasteiger partial charge in [0.1, 0.15) is 24.7 Å². The maximum absolute atomic E-state index is 11.2. The Morgan fingerprint density at radius 1 is 0.594 bits per heavy atom. The van der Waals surface area contributed by atoms with Crippen LogP contribution in [0.5, 0.6) is 11.5 Å². The van der Waals surface area contributed by atoms with Crippen LogP contribution in [-0.2, 0) is 19.2 Å². The van der Waals surface area contributed by atoms with E-state index in [2.05, 4.69) is 0 Å². The zero-order valence-corrected chi connectivity index (χ0v) is 16.8. The maximum Gasteiger partial charge on any atom is 0.311 e. The Morgan fingerprint density at radius 3 is 1.16 bits per heavy atom. The van der Waals surface area contributed by atoms with Crippen LogP contribution >= 0.6 is 0 Å². The van der Waals surface area contributed by atoms with Gasteiger partial charge in [-0.25, -0.2) is 0 Å². The molecule has 10 nitrogen and oxygen atoms in total. The Kier molecular flexibility index (Phi) is 8.58. The van der Waals surface area contributed by atoms with Crippen molar-refractivity contribution in [3.8, 4) is 11.5 Å². The number of rotatable bonds is 13. The number of carboxylic acids is 4. The summed E-state index contributed by atoms with van der Waals surface area (Å²) in [4.78, 5) is 44.1. The molecule has 0 aromatic heterocycles. The largest absolute Gasteiger partial charge is 0.490 e. The molecule has 0 radical (unpaired) electrons. The lowest BCUT2D eigenvalue weighted by Gasteiger charge is -2.13. The van der Waals surface area contributed by atoms with E-state index in [1.807, 2.05) is 0 Å². The predicted octanol–water partition coefficient (Wildman–Crippen LogP) is 2.43. The Morgan fingerprint density at radius 2 is 0.906 bits per heavy atom. The molecule has 0 unspecified atom stereocenters. The second kappa shape index (κ2) is 11.3. The fraction of sp³-hybridized carbons (Fsp3) is 0.273. The zero-order valence-electron chi connectivity index (χ0n) is 16.8. The van der Waals surface area contributed by atoms with Gasteiger partial charge >= 0.3 is 23.9 Å². The first-order valence-electron chi connectivity index (χ1n) is 9.52. The van der Waals surface area contributed by atoms with Gasteiger partial charge in [-0.15, -0.1) is 0 Å². The highest BCUT2D eigenvalue weighted by Gasteiger charge is 2.24. The molecule has 2 rings (SSSR count). The van der Waals surface area contributed by atoms with Crippen LogP contribution < -0.4 is 9.47 Å². The normalized spacial score (nSPS) is 12.4. The number of carboxylic acid groups (broad SMARTS) is 4. The third-order valence-corrected chi connectivity index (χ3v) is 4.54. The number of aliphatic carboxylic acids is 4. The van der Waals surface area contributed by atoms with E-state index in [0.717, 1.165) is 0 Å². The SMILES string of the molecule is O=C(O)C[C@H](C(=O)O)c1ccc(OCCOc2ccc([C@H](CC(=O)O)C(=O)O)cc2)cc1. The molecule has 0 spiro atoms. The topological polar surface area (TPSA) is 168 Å². The van der Waals surface area contributed by atoms with E-state index in [1.54, 1.807) is 0 Å². The van der Waals surface area contributed by atoms with E-state index in [4.69, 9.17) is 19.7 Å². The van der Waals surface area contributed by atoms with Crippen molar-refractivity contribution in [1.82, 2.24) is 0 Å². The van der Waals surface area contributed by atoms with Crippen molar-refractivity contribution < 1.29 is 49.1 Å². The molecule has 0 amide bonds. The molecule has 0 aliphatic carbocycles. The molecule has 0 bridgehead atoms. The lowest BCUT2D eigenvalue weighted by Crippen LogP contribution is -2.16. The highest BCUT2D eigenvalue weighted by Crippen LogP contribution is 2.24. The summed E-state index contributed by atoms with van der Waals surface area (Å²) in [5.41, 5.74) is 0.706. The molecule has 4 N–H and O–H groups in total. The number of hydrogen-bond donors (Lipinski definition) is 4. The number of hydrogen-bond acceptors (Lipinski definition) is 6. The Bertz CT molecular complexity index is 870. The summed E-state index contributed by atoms with van der Waals surface area (Å²) >= 11 is 0. The summed E-state index contributed by atoms with van der Waals surface area (Å²) in [7, 11) is 0. The molecule has 0 aliphatic heterocycles. The van der Waals surface area contributed by atoms with Crippen LogP contribution in [0, 0.1) is 0 Å². The summed E-state index contributed by atoms with van der Waals surface area (Å²) in [6.45, 7) is 0.324.